The van der Waals surface area contributed by atoms with Crippen molar-refractivity contribution >= 4 is 46.6 Å². The minimum Gasteiger partial charge on any atom is -0.505 e. The molecule has 6 atom stereocenters. The van der Waals surface area contributed by atoms with Gasteiger partial charge in [0.15, 0.2) is 11.6 Å². The summed E-state index contributed by atoms with van der Waals surface area (Å²) in [5.41, 5.74) is 1.26. The van der Waals surface area contributed by atoms with Crippen molar-refractivity contribution in [2.45, 2.75) is 39.0 Å². The Bertz CT molecular complexity index is 1840. The van der Waals surface area contributed by atoms with Crippen molar-refractivity contribution < 1.29 is 33.1 Å². The van der Waals surface area contributed by atoms with Crippen LogP contribution < -0.4 is 9.80 Å². The second-order valence-electron chi connectivity index (χ2n) is 12.5. The first-order valence-corrected chi connectivity index (χ1v) is 15.3. The molecule has 4 amide bonds. The van der Waals surface area contributed by atoms with E-state index in [1.807, 2.05) is 25.1 Å². The van der Waals surface area contributed by atoms with Crippen LogP contribution in [0.4, 0.5) is 20.2 Å². The van der Waals surface area contributed by atoms with E-state index >= 15 is 0 Å². The summed E-state index contributed by atoms with van der Waals surface area (Å²) < 4.78 is 28.9. The first-order chi connectivity index (χ1) is 21.5. The Morgan fingerprint density at radius 3 is 2.24 bits per heavy atom. The lowest BCUT2D eigenvalue weighted by atomic mass is 9.51. The van der Waals surface area contributed by atoms with Crippen LogP contribution in [0.15, 0.2) is 72.3 Å². The van der Waals surface area contributed by atoms with Gasteiger partial charge in [-0.15, -0.1) is 0 Å². The van der Waals surface area contributed by atoms with Gasteiger partial charge in [-0.3, -0.25) is 24.1 Å². The van der Waals surface area contributed by atoms with Gasteiger partial charge >= 0.3 is 0 Å². The number of imide groups is 2. The van der Waals surface area contributed by atoms with Crippen LogP contribution in [0.25, 0.3) is 0 Å². The highest BCUT2D eigenvalue weighted by Gasteiger charge is 2.67. The molecule has 10 heteroatoms. The second kappa shape index (κ2) is 10.3. The highest BCUT2D eigenvalue weighted by molar-refractivity contribution is 6.32. The molecule has 2 heterocycles. The van der Waals surface area contributed by atoms with Crippen LogP contribution in [0.5, 0.6) is 5.75 Å². The highest BCUT2D eigenvalue weighted by Crippen LogP contribution is 2.63. The lowest BCUT2D eigenvalue weighted by molar-refractivity contribution is -0.131. The van der Waals surface area contributed by atoms with E-state index in [0.29, 0.717) is 16.8 Å². The molecule has 0 radical (unpaired) electrons. The number of hydrogen-bond acceptors (Lipinski definition) is 5. The van der Waals surface area contributed by atoms with Gasteiger partial charge in [0.25, 0.3) is 0 Å². The number of aryl methyl sites for hydroxylation is 1. The number of phenols is 1. The maximum atomic E-state index is 14.9. The molecule has 0 bridgehead atoms. The normalized spacial score (nSPS) is 29.1. The molecule has 7 nitrogen and oxygen atoms in total. The van der Waals surface area contributed by atoms with Crippen molar-refractivity contribution in [3.05, 3.63) is 100 Å². The number of fused-ring (bicyclic) bond motifs is 4. The van der Waals surface area contributed by atoms with E-state index in [-0.39, 0.29) is 35.4 Å². The summed E-state index contributed by atoms with van der Waals surface area (Å²) in [5, 5.41) is 9.71. The quantitative estimate of drug-likeness (QED) is 0.269. The summed E-state index contributed by atoms with van der Waals surface area (Å²) in [5.74, 6) is -7.79. The minimum atomic E-state index is -1.42. The van der Waals surface area contributed by atoms with Gasteiger partial charge in [0, 0.05) is 5.92 Å². The van der Waals surface area contributed by atoms with Gasteiger partial charge < -0.3 is 5.11 Å². The lowest BCUT2D eigenvalue weighted by Gasteiger charge is -2.49. The largest absolute Gasteiger partial charge is 0.505 e. The molecule has 1 saturated carbocycles. The Hall–Kier alpha value is -4.37. The van der Waals surface area contributed by atoms with Crippen molar-refractivity contribution in [3.63, 3.8) is 0 Å². The Morgan fingerprint density at radius 2 is 1.58 bits per heavy atom. The molecule has 7 rings (SSSR count). The van der Waals surface area contributed by atoms with E-state index in [9.17, 15) is 33.1 Å². The summed E-state index contributed by atoms with van der Waals surface area (Å²) in [6.07, 6.45) is 3.02. The molecule has 45 heavy (non-hydrogen) atoms. The molecule has 230 valence electrons. The molecule has 3 aromatic rings. The average molecular weight is 631 g/mol. The van der Waals surface area contributed by atoms with Gasteiger partial charge in [0.05, 0.1) is 39.6 Å². The fourth-order valence-electron chi connectivity index (χ4n) is 8.10. The smallest absolute Gasteiger partial charge is 0.241 e. The van der Waals surface area contributed by atoms with E-state index in [4.69, 9.17) is 11.6 Å². The third kappa shape index (κ3) is 4.13. The molecule has 0 spiro atoms. The molecule has 2 saturated heterocycles. The molecule has 2 aliphatic carbocycles. The van der Waals surface area contributed by atoms with Gasteiger partial charge in [-0.2, -0.15) is 0 Å². The number of halogens is 3. The standard InChI is InChI=1S/C35H29ClF2N2O5/c1-3-17-4-7-19(8-5-17)39-31(42)22-11-10-21-23(29(22)33(39)44)16-24-32(43)40(20-9-12-26(37)25(36)15-20)34(45)35(24,2)30(21)18-6-13-28(41)27(38)14-18/h4-10,12-15,22-24,29-30,41H,3,11,16H2,1-2H3/t22-,23+,24-,29-,30-,35+/m0/s1. The SMILES string of the molecule is CCc1ccc(N2C(=O)[C@H]3[C@H](CC=C4[C@H]3C[C@H]3C(=O)N(c5ccc(F)c(Cl)c5)C(=O)[C@@]3(C)[C@H]4c3ccc(O)c(F)c3)C2=O)cc1. The number of hydrogen-bond donors (Lipinski definition) is 1. The fraction of sp³-hybridized carbons (Fsp3) is 0.314. The van der Waals surface area contributed by atoms with Gasteiger partial charge in [0.1, 0.15) is 5.82 Å². The first-order valence-electron chi connectivity index (χ1n) is 15.0. The van der Waals surface area contributed by atoms with Gasteiger partial charge in [-0.1, -0.05) is 48.4 Å². The van der Waals surface area contributed by atoms with E-state index in [0.717, 1.165) is 29.0 Å². The predicted octanol–water partition coefficient (Wildman–Crippen LogP) is 6.32. The minimum absolute atomic E-state index is 0.103. The van der Waals surface area contributed by atoms with Gasteiger partial charge in [-0.05, 0) is 85.7 Å². The zero-order valence-corrected chi connectivity index (χ0v) is 25.2. The van der Waals surface area contributed by atoms with Crippen molar-refractivity contribution in [3.8, 4) is 5.75 Å². The summed E-state index contributed by atoms with van der Waals surface area (Å²) in [6.45, 7) is 3.67. The topological polar surface area (TPSA) is 95.0 Å². The van der Waals surface area contributed by atoms with E-state index in [1.165, 1.54) is 29.2 Å². The van der Waals surface area contributed by atoms with Gasteiger partial charge in [-0.25, -0.2) is 13.7 Å². The maximum Gasteiger partial charge on any atom is 0.241 e. The Kier molecular flexibility index (Phi) is 6.74. The fourth-order valence-corrected chi connectivity index (χ4v) is 8.28. The molecular formula is C35H29ClF2N2O5. The van der Waals surface area contributed by atoms with Crippen molar-refractivity contribution in [2.75, 3.05) is 9.80 Å². The van der Waals surface area contributed by atoms with Crippen LogP contribution >= 0.6 is 11.6 Å². The number of allylic oxidation sites excluding steroid dienone is 2. The second-order valence-corrected chi connectivity index (χ2v) is 12.9. The molecule has 1 N–H and O–H groups in total. The third-order valence-corrected chi connectivity index (χ3v) is 10.6. The van der Waals surface area contributed by atoms with Crippen molar-refractivity contribution in [1.29, 1.82) is 0 Å². The molecular weight excluding hydrogens is 602 g/mol. The van der Waals surface area contributed by atoms with Crippen molar-refractivity contribution in [1.82, 2.24) is 0 Å². The van der Waals surface area contributed by atoms with Gasteiger partial charge in [0.2, 0.25) is 23.6 Å². The monoisotopic (exact) mass is 630 g/mol. The lowest BCUT2D eigenvalue weighted by Crippen LogP contribution is -2.48. The van der Waals surface area contributed by atoms with Crippen LogP contribution in [0.1, 0.15) is 43.7 Å². The zero-order chi connectivity index (χ0) is 31.9. The number of rotatable bonds is 4. The first kappa shape index (κ1) is 29.3. The molecule has 3 fully saturated rings. The summed E-state index contributed by atoms with van der Waals surface area (Å²) in [7, 11) is 0. The van der Waals surface area contributed by atoms with Crippen molar-refractivity contribution in [2.24, 2.45) is 29.1 Å². The summed E-state index contributed by atoms with van der Waals surface area (Å²) in [6, 6.07) is 14.7. The number of nitrogens with zero attached hydrogens (tertiary/aromatic N) is 2. The zero-order valence-electron chi connectivity index (χ0n) is 24.5. The number of carbonyl (C=O) groups excluding carboxylic acids is 4. The number of carbonyl (C=O) groups is 4. The number of benzene rings is 3. The molecule has 0 aromatic heterocycles. The number of aromatic hydroxyl groups is 1. The molecule has 3 aromatic carbocycles. The number of anilines is 2. The Labute approximate surface area is 263 Å². The highest BCUT2D eigenvalue weighted by atomic mass is 35.5. The summed E-state index contributed by atoms with van der Waals surface area (Å²) in [4.78, 5) is 58.7. The van der Waals surface area contributed by atoms with E-state index in [2.05, 4.69) is 0 Å². The summed E-state index contributed by atoms with van der Waals surface area (Å²) >= 11 is 6.03. The maximum absolute atomic E-state index is 14.9. The molecule has 2 aliphatic heterocycles. The van der Waals surface area contributed by atoms with Crippen LogP contribution in [0, 0.1) is 40.7 Å². The molecule has 4 aliphatic rings. The van der Waals surface area contributed by atoms with Crippen LogP contribution in [0.3, 0.4) is 0 Å². The number of phenolic OH excluding ortho intramolecular Hbond substituents is 1. The predicted molar refractivity (Wildman–Crippen MR) is 162 cm³/mol. The number of amides is 4. The molecule has 0 unspecified atom stereocenters. The van der Waals surface area contributed by atoms with E-state index in [1.54, 1.807) is 19.1 Å². The average Bonchev–Trinajstić information content (AvgIpc) is 3.39. The third-order valence-electron chi connectivity index (χ3n) is 10.3. The van der Waals surface area contributed by atoms with Crippen LogP contribution in [0.2, 0.25) is 5.02 Å². The van der Waals surface area contributed by atoms with Crippen LogP contribution in [-0.2, 0) is 25.6 Å². The Morgan fingerprint density at radius 1 is 0.867 bits per heavy atom. The van der Waals surface area contributed by atoms with Crippen LogP contribution in [-0.4, -0.2) is 28.7 Å². The van der Waals surface area contributed by atoms with E-state index < -0.39 is 64.2 Å². The Balaban J connectivity index is 1.35.